The molecule has 0 aliphatic heterocycles. The lowest BCUT2D eigenvalue weighted by atomic mass is 9.95. The molecule has 0 aliphatic rings. The van der Waals surface area contributed by atoms with Gasteiger partial charge in [-0.05, 0) is 31.4 Å². The molecule has 0 fully saturated rings. The van der Waals surface area contributed by atoms with Gasteiger partial charge in [0, 0.05) is 12.4 Å². The lowest BCUT2D eigenvalue weighted by Gasteiger charge is -2.20. The van der Waals surface area contributed by atoms with Crippen molar-refractivity contribution in [2.45, 2.75) is 46.1 Å². The van der Waals surface area contributed by atoms with Crippen molar-refractivity contribution in [1.82, 2.24) is 15.1 Å². The maximum Gasteiger partial charge on any atom is 0.0872 e. The summed E-state index contributed by atoms with van der Waals surface area (Å²) in [6.45, 7) is 7.85. The third kappa shape index (κ3) is 3.21. The summed E-state index contributed by atoms with van der Waals surface area (Å²) in [5, 5.41) is 9.75. The van der Waals surface area contributed by atoms with Crippen molar-refractivity contribution in [2.75, 3.05) is 6.54 Å². The number of rotatable bonds is 7. The Morgan fingerprint density at radius 3 is 2.70 bits per heavy atom. The largest absolute Gasteiger partial charge is 0.309 e. The predicted octanol–water partition coefficient (Wildman–Crippen LogP) is 4.05. The topological polar surface area (TPSA) is 29.9 Å². The third-order valence-electron chi connectivity index (χ3n) is 4.09. The van der Waals surface area contributed by atoms with Crippen LogP contribution < -0.4 is 5.32 Å². The third-order valence-corrected chi connectivity index (χ3v) is 4.09. The van der Waals surface area contributed by atoms with Crippen molar-refractivity contribution in [1.29, 1.82) is 0 Å². The van der Waals surface area contributed by atoms with E-state index in [9.17, 15) is 0 Å². The number of nitrogens with zero attached hydrogens (tertiary/aromatic N) is 2. The van der Waals surface area contributed by atoms with Gasteiger partial charge in [0.2, 0.25) is 0 Å². The first-order chi connectivity index (χ1) is 9.67. The van der Waals surface area contributed by atoms with Crippen LogP contribution in [0.4, 0.5) is 0 Å². The second kappa shape index (κ2) is 6.89. The molecule has 2 atom stereocenters. The second-order valence-corrected chi connectivity index (χ2v) is 5.78. The molecule has 2 unspecified atom stereocenters. The summed E-state index contributed by atoms with van der Waals surface area (Å²) in [5.41, 5.74) is 2.42. The molecule has 2 rings (SSSR count). The first kappa shape index (κ1) is 15.0. The fourth-order valence-electron chi connectivity index (χ4n) is 2.68. The number of fused-ring (bicyclic) bond motifs is 1. The van der Waals surface area contributed by atoms with Gasteiger partial charge in [0.25, 0.3) is 0 Å². The van der Waals surface area contributed by atoms with Crippen LogP contribution >= 0.6 is 0 Å². The molecule has 0 saturated heterocycles. The summed E-state index contributed by atoms with van der Waals surface area (Å²) in [4.78, 5) is 0. The second-order valence-electron chi connectivity index (χ2n) is 5.78. The number of aromatic nitrogens is 2. The summed E-state index contributed by atoms with van der Waals surface area (Å²) in [6, 6.07) is 8.88. The molecular formula is C17H27N3. The molecule has 0 radical (unpaired) electrons. The molecule has 1 aromatic carbocycles. The summed E-state index contributed by atoms with van der Waals surface area (Å²) in [6.07, 6.45) is 3.52. The molecule has 20 heavy (non-hydrogen) atoms. The Balaban J connectivity index is 2.34. The average Bonchev–Trinajstić information content (AvgIpc) is 2.81. The maximum atomic E-state index is 4.78. The molecule has 110 valence electrons. The van der Waals surface area contributed by atoms with E-state index in [0.29, 0.717) is 12.0 Å². The molecule has 0 amide bonds. The van der Waals surface area contributed by atoms with Crippen molar-refractivity contribution < 1.29 is 0 Å². The van der Waals surface area contributed by atoms with Crippen LogP contribution in [0.25, 0.3) is 10.9 Å². The Morgan fingerprint density at radius 1 is 1.25 bits per heavy atom. The highest BCUT2D eigenvalue weighted by Crippen LogP contribution is 2.28. The van der Waals surface area contributed by atoms with E-state index in [4.69, 9.17) is 5.10 Å². The van der Waals surface area contributed by atoms with Gasteiger partial charge in [0.1, 0.15) is 0 Å². The van der Waals surface area contributed by atoms with Crippen LogP contribution in [-0.2, 0) is 7.05 Å². The number of nitrogens with one attached hydrogen (secondary N) is 1. The Morgan fingerprint density at radius 2 is 2.00 bits per heavy atom. The van der Waals surface area contributed by atoms with Crippen LogP contribution in [0.2, 0.25) is 0 Å². The van der Waals surface area contributed by atoms with E-state index in [1.807, 2.05) is 11.7 Å². The minimum atomic E-state index is 0.357. The van der Waals surface area contributed by atoms with E-state index in [-0.39, 0.29) is 0 Å². The van der Waals surface area contributed by atoms with Gasteiger partial charge in [-0.2, -0.15) is 5.10 Å². The van der Waals surface area contributed by atoms with Crippen LogP contribution in [0, 0.1) is 5.92 Å². The number of para-hydroxylation sites is 1. The van der Waals surface area contributed by atoms with Crippen molar-refractivity contribution in [3.8, 4) is 0 Å². The Bertz CT molecular complexity index is 544. The molecule has 0 saturated carbocycles. The van der Waals surface area contributed by atoms with Gasteiger partial charge in [-0.25, -0.2) is 0 Å². The number of hydrogen-bond donors (Lipinski definition) is 1. The molecule has 1 N–H and O–H groups in total. The molecule has 3 heteroatoms. The zero-order chi connectivity index (χ0) is 14.5. The molecule has 3 nitrogen and oxygen atoms in total. The summed E-state index contributed by atoms with van der Waals surface area (Å²) < 4.78 is 2.00. The van der Waals surface area contributed by atoms with Crippen LogP contribution in [-0.4, -0.2) is 16.3 Å². The van der Waals surface area contributed by atoms with Crippen LogP contribution in [0.5, 0.6) is 0 Å². The summed E-state index contributed by atoms with van der Waals surface area (Å²) >= 11 is 0. The van der Waals surface area contributed by atoms with Gasteiger partial charge in [-0.3, -0.25) is 4.68 Å². The zero-order valence-corrected chi connectivity index (χ0v) is 13.2. The van der Waals surface area contributed by atoms with Crippen LogP contribution in [0.1, 0.15) is 51.8 Å². The quantitative estimate of drug-likeness (QED) is 0.824. The smallest absolute Gasteiger partial charge is 0.0872 e. The molecule has 0 bridgehead atoms. The normalized spacial score (nSPS) is 14.6. The molecular weight excluding hydrogens is 246 g/mol. The monoisotopic (exact) mass is 273 g/mol. The number of aryl methyl sites for hydroxylation is 1. The van der Waals surface area contributed by atoms with Crippen LogP contribution in [0.3, 0.4) is 0 Å². The van der Waals surface area contributed by atoms with Gasteiger partial charge in [0.05, 0.1) is 17.3 Å². The Kier molecular flexibility index (Phi) is 5.18. The number of hydrogen-bond acceptors (Lipinski definition) is 2. The average molecular weight is 273 g/mol. The van der Waals surface area contributed by atoms with Gasteiger partial charge in [-0.15, -0.1) is 0 Å². The Hall–Kier alpha value is -1.35. The van der Waals surface area contributed by atoms with Gasteiger partial charge >= 0.3 is 0 Å². The highest BCUT2D eigenvalue weighted by atomic mass is 15.3. The van der Waals surface area contributed by atoms with E-state index in [0.717, 1.165) is 19.4 Å². The van der Waals surface area contributed by atoms with Crippen molar-refractivity contribution in [3.05, 3.63) is 30.0 Å². The molecule has 1 heterocycles. The van der Waals surface area contributed by atoms with Gasteiger partial charge in [0.15, 0.2) is 0 Å². The van der Waals surface area contributed by atoms with Crippen molar-refractivity contribution in [3.63, 3.8) is 0 Å². The minimum Gasteiger partial charge on any atom is -0.309 e. The highest BCUT2D eigenvalue weighted by Gasteiger charge is 2.20. The fourth-order valence-corrected chi connectivity index (χ4v) is 2.68. The summed E-state index contributed by atoms with van der Waals surface area (Å²) in [7, 11) is 2.03. The molecule has 0 spiro atoms. The van der Waals surface area contributed by atoms with E-state index < -0.39 is 0 Å². The van der Waals surface area contributed by atoms with Crippen molar-refractivity contribution in [2.24, 2.45) is 13.0 Å². The van der Waals surface area contributed by atoms with Gasteiger partial charge in [-0.1, -0.05) is 45.4 Å². The molecule has 2 aromatic rings. The SMILES string of the molecule is CCCNC(CC(C)CC)c1nn(C)c2ccccc12. The lowest BCUT2D eigenvalue weighted by Crippen LogP contribution is -2.24. The van der Waals surface area contributed by atoms with E-state index in [1.54, 1.807) is 0 Å². The fraction of sp³-hybridized carbons (Fsp3) is 0.588. The number of benzene rings is 1. The van der Waals surface area contributed by atoms with E-state index in [1.165, 1.54) is 23.0 Å². The zero-order valence-electron chi connectivity index (χ0n) is 13.2. The van der Waals surface area contributed by atoms with Gasteiger partial charge < -0.3 is 5.32 Å². The summed E-state index contributed by atoms with van der Waals surface area (Å²) in [5.74, 6) is 0.713. The van der Waals surface area contributed by atoms with Crippen molar-refractivity contribution >= 4 is 10.9 Å². The first-order valence-corrected chi connectivity index (χ1v) is 7.82. The Labute approximate surface area is 122 Å². The first-order valence-electron chi connectivity index (χ1n) is 7.82. The highest BCUT2D eigenvalue weighted by molar-refractivity contribution is 5.82. The predicted molar refractivity (Wildman–Crippen MR) is 85.8 cm³/mol. The lowest BCUT2D eigenvalue weighted by molar-refractivity contribution is 0.396. The maximum absolute atomic E-state index is 4.78. The van der Waals surface area contributed by atoms with E-state index >= 15 is 0 Å². The van der Waals surface area contributed by atoms with E-state index in [2.05, 4.69) is 50.4 Å². The van der Waals surface area contributed by atoms with Crippen LogP contribution in [0.15, 0.2) is 24.3 Å². The standard InChI is InChI=1S/C17H27N3/c1-5-11-18-15(12-13(3)6-2)17-14-9-7-8-10-16(14)20(4)19-17/h7-10,13,15,18H,5-6,11-12H2,1-4H3. The molecule has 1 aromatic heterocycles. The minimum absolute atomic E-state index is 0.357. The molecule has 0 aliphatic carbocycles.